The van der Waals surface area contributed by atoms with E-state index in [1.165, 1.54) is 22.8 Å². The van der Waals surface area contributed by atoms with Crippen LogP contribution in [-0.2, 0) is 16.1 Å². The van der Waals surface area contributed by atoms with Crippen LogP contribution in [0.2, 0.25) is 5.02 Å². The first kappa shape index (κ1) is 19.7. The Hall–Kier alpha value is -3.04. The molecule has 10 heteroatoms. The Balaban J connectivity index is 2.16. The van der Waals surface area contributed by atoms with Gasteiger partial charge in [-0.1, -0.05) is 35.1 Å². The van der Waals surface area contributed by atoms with Crippen LogP contribution < -0.4 is 4.80 Å². The lowest BCUT2D eigenvalue weighted by molar-refractivity contribution is -0.384. The van der Waals surface area contributed by atoms with Gasteiger partial charge in [0.2, 0.25) is 0 Å². The summed E-state index contributed by atoms with van der Waals surface area (Å²) in [4.78, 5) is 39.4. The molecule has 0 spiro atoms. The van der Waals surface area contributed by atoms with Crippen molar-refractivity contribution in [1.82, 2.24) is 4.57 Å². The van der Waals surface area contributed by atoms with E-state index in [-0.39, 0.29) is 34.2 Å². The molecule has 0 N–H and O–H groups in total. The number of esters is 1. The van der Waals surface area contributed by atoms with Crippen molar-refractivity contribution in [2.75, 3.05) is 6.61 Å². The van der Waals surface area contributed by atoms with Crippen molar-refractivity contribution < 1.29 is 19.2 Å². The van der Waals surface area contributed by atoms with Gasteiger partial charge in [-0.05, 0) is 25.1 Å². The zero-order valence-electron chi connectivity index (χ0n) is 14.6. The van der Waals surface area contributed by atoms with Crippen LogP contribution >= 0.6 is 22.9 Å². The summed E-state index contributed by atoms with van der Waals surface area (Å²) < 4.78 is 6.99. The Labute approximate surface area is 167 Å². The Morgan fingerprint density at radius 3 is 2.71 bits per heavy atom. The number of nitrogens with zero attached hydrogens (tertiary/aromatic N) is 3. The first-order valence-electron chi connectivity index (χ1n) is 8.17. The van der Waals surface area contributed by atoms with Crippen LogP contribution in [-0.4, -0.2) is 28.0 Å². The topological polar surface area (TPSA) is 104 Å². The molecule has 3 rings (SSSR count). The second kappa shape index (κ2) is 8.32. The minimum absolute atomic E-state index is 0.0963. The standard InChI is InChI=1S/C18H14ClN3O5S/c1-2-27-16(23)10-21-14-8-7-11(22(25)26)9-15(14)28-18(21)20-17(24)12-5-3-4-6-13(12)19/h3-9H,2,10H2,1H3. The zero-order chi connectivity index (χ0) is 20.3. The second-order valence-corrected chi connectivity index (χ2v) is 7.00. The fourth-order valence-electron chi connectivity index (χ4n) is 2.53. The Bertz CT molecular complexity index is 1150. The van der Waals surface area contributed by atoms with Gasteiger partial charge in [-0.2, -0.15) is 4.99 Å². The van der Waals surface area contributed by atoms with Crippen LogP contribution in [0.1, 0.15) is 17.3 Å². The molecule has 0 aliphatic carbocycles. The first-order chi connectivity index (χ1) is 13.4. The molecule has 0 atom stereocenters. The minimum atomic E-state index is -0.579. The van der Waals surface area contributed by atoms with Gasteiger partial charge in [0.05, 0.1) is 32.3 Å². The van der Waals surface area contributed by atoms with Gasteiger partial charge in [-0.3, -0.25) is 19.7 Å². The molecule has 0 fully saturated rings. The third kappa shape index (κ3) is 4.10. The number of rotatable bonds is 5. The maximum atomic E-state index is 12.6. The number of benzene rings is 2. The molecule has 8 nitrogen and oxygen atoms in total. The highest BCUT2D eigenvalue weighted by molar-refractivity contribution is 7.16. The molecule has 1 aromatic heterocycles. The van der Waals surface area contributed by atoms with Gasteiger partial charge in [0, 0.05) is 12.1 Å². The molecule has 0 aliphatic heterocycles. The number of thiazole rings is 1. The molecule has 0 radical (unpaired) electrons. The van der Waals surface area contributed by atoms with E-state index in [1.807, 2.05) is 0 Å². The molecule has 2 aromatic carbocycles. The average Bonchev–Trinajstić information content (AvgIpc) is 2.98. The number of aromatic nitrogens is 1. The summed E-state index contributed by atoms with van der Waals surface area (Å²) in [6.45, 7) is 1.71. The van der Waals surface area contributed by atoms with Gasteiger partial charge in [-0.15, -0.1) is 0 Å². The lowest BCUT2D eigenvalue weighted by Crippen LogP contribution is -2.23. The number of fused-ring (bicyclic) bond motifs is 1. The van der Waals surface area contributed by atoms with Crippen molar-refractivity contribution in [3.8, 4) is 0 Å². The Morgan fingerprint density at radius 1 is 1.29 bits per heavy atom. The Morgan fingerprint density at radius 2 is 2.04 bits per heavy atom. The average molecular weight is 420 g/mol. The molecule has 0 unspecified atom stereocenters. The van der Waals surface area contributed by atoms with E-state index >= 15 is 0 Å². The molecule has 1 heterocycles. The summed E-state index contributed by atoms with van der Waals surface area (Å²) in [6, 6.07) is 10.7. The number of ether oxygens (including phenoxy) is 1. The number of hydrogen-bond acceptors (Lipinski definition) is 6. The smallest absolute Gasteiger partial charge is 0.326 e. The summed E-state index contributed by atoms with van der Waals surface area (Å²) in [6.07, 6.45) is 0. The van der Waals surface area contributed by atoms with Gasteiger partial charge in [-0.25, -0.2) is 0 Å². The molecule has 28 heavy (non-hydrogen) atoms. The van der Waals surface area contributed by atoms with E-state index in [9.17, 15) is 19.7 Å². The van der Waals surface area contributed by atoms with Crippen LogP contribution in [0.4, 0.5) is 5.69 Å². The third-order valence-corrected chi connectivity index (χ3v) is 5.14. The van der Waals surface area contributed by atoms with Crippen LogP contribution in [0, 0.1) is 10.1 Å². The summed E-state index contributed by atoms with van der Waals surface area (Å²) in [5.41, 5.74) is 0.658. The summed E-state index contributed by atoms with van der Waals surface area (Å²) in [7, 11) is 0. The van der Waals surface area contributed by atoms with Crippen LogP contribution in [0.15, 0.2) is 47.5 Å². The van der Waals surface area contributed by atoms with Crippen LogP contribution in [0.3, 0.4) is 0 Å². The summed E-state index contributed by atoms with van der Waals surface area (Å²) in [5.74, 6) is -1.09. The largest absolute Gasteiger partial charge is 0.465 e. The molecule has 0 saturated heterocycles. The molecule has 144 valence electrons. The molecule has 1 amide bonds. The normalized spacial score (nSPS) is 11.6. The monoisotopic (exact) mass is 419 g/mol. The van der Waals surface area contributed by atoms with Crippen molar-refractivity contribution in [2.45, 2.75) is 13.5 Å². The van der Waals surface area contributed by atoms with Gasteiger partial charge < -0.3 is 9.30 Å². The number of nitro benzene ring substituents is 1. The highest BCUT2D eigenvalue weighted by atomic mass is 35.5. The molecule has 0 saturated carbocycles. The Kier molecular flexibility index (Phi) is 5.86. The second-order valence-electron chi connectivity index (χ2n) is 5.58. The fraction of sp³-hybridized carbons (Fsp3) is 0.167. The van der Waals surface area contributed by atoms with Crippen molar-refractivity contribution in [3.63, 3.8) is 0 Å². The lowest BCUT2D eigenvalue weighted by atomic mass is 10.2. The van der Waals surface area contributed by atoms with Crippen molar-refractivity contribution in [2.24, 2.45) is 4.99 Å². The number of carbonyl (C=O) groups is 2. The van der Waals surface area contributed by atoms with E-state index in [4.69, 9.17) is 16.3 Å². The van der Waals surface area contributed by atoms with Crippen LogP contribution in [0.5, 0.6) is 0 Å². The minimum Gasteiger partial charge on any atom is -0.465 e. The number of halogens is 1. The van der Waals surface area contributed by atoms with Crippen molar-refractivity contribution >= 4 is 50.7 Å². The molecular weight excluding hydrogens is 406 g/mol. The highest BCUT2D eigenvalue weighted by Crippen LogP contribution is 2.24. The van der Waals surface area contributed by atoms with Gasteiger partial charge in [0.25, 0.3) is 11.6 Å². The first-order valence-corrected chi connectivity index (χ1v) is 9.37. The maximum Gasteiger partial charge on any atom is 0.326 e. The van der Waals surface area contributed by atoms with E-state index in [1.54, 1.807) is 31.2 Å². The zero-order valence-corrected chi connectivity index (χ0v) is 16.2. The van der Waals surface area contributed by atoms with Gasteiger partial charge in [0.15, 0.2) is 4.80 Å². The van der Waals surface area contributed by atoms with E-state index in [0.717, 1.165) is 11.3 Å². The highest BCUT2D eigenvalue weighted by Gasteiger charge is 2.16. The van der Waals surface area contributed by atoms with E-state index in [2.05, 4.69) is 4.99 Å². The number of amides is 1. The molecule has 3 aromatic rings. The van der Waals surface area contributed by atoms with Gasteiger partial charge >= 0.3 is 5.97 Å². The van der Waals surface area contributed by atoms with E-state index in [0.29, 0.717) is 10.2 Å². The molecular formula is C18H14ClN3O5S. The summed E-state index contributed by atoms with van der Waals surface area (Å²) in [5, 5.41) is 11.3. The fourth-order valence-corrected chi connectivity index (χ4v) is 3.81. The number of hydrogen-bond donors (Lipinski definition) is 0. The number of carbonyl (C=O) groups excluding carboxylic acids is 2. The predicted octanol–water partition coefficient (Wildman–Crippen LogP) is 3.57. The summed E-state index contributed by atoms with van der Waals surface area (Å²) >= 11 is 7.12. The quantitative estimate of drug-likeness (QED) is 0.357. The maximum absolute atomic E-state index is 12.6. The number of non-ortho nitro benzene ring substituents is 1. The van der Waals surface area contributed by atoms with Crippen LogP contribution in [0.25, 0.3) is 10.2 Å². The third-order valence-electron chi connectivity index (χ3n) is 3.77. The number of nitro groups is 1. The lowest BCUT2D eigenvalue weighted by Gasteiger charge is -2.05. The van der Waals surface area contributed by atoms with Gasteiger partial charge in [0.1, 0.15) is 6.54 Å². The molecule has 0 bridgehead atoms. The SMILES string of the molecule is CCOC(=O)Cn1c(=NC(=O)c2ccccc2Cl)sc2cc([N+](=O)[O-])ccc21. The van der Waals surface area contributed by atoms with E-state index < -0.39 is 16.8 Å². The molecule has 0 aliphatic rings. The predicted molar refractivity (Wildman–Crippen MR) is 104 cm³/mol. The van der Waals surface area contributed by atoms with Crippen molar-refractivity contribution in [3.05, 3.63) is 68.0 Å². The van der Waals surface area contributed by atoms with Crippen molar-refractivity contribution in [1.29, 1.82) is 0 Å².